The molecule has 4 nitrogen and oxygen atoms in total. The van der Waals surface area contributed by atoms with Crippen molar-refractivity contribution < 1.29 is 23.8 Å². The lowest BCUT2D eigenvalue weighted by atomic mass is 9.92. The van der Waals surface area contributed by atoms with Gasteiger partial charge in [-0.05, 0) is 37.1 Å². The van der Waals surface area contributed by atoms with E-state index in [0.717, 1.165) is 0 Å². The highest BCUT2D eigenvalue weighted by Gasteiger charge is 2.26. The van der Waals surface area contributed by atoms with E-state index in [2.05, 4.69) is 0 Å². The molecule has 1 aromatic rings. The number of alkyl halides is 1. The van der Waals surface area contributed by atoms with Crippen molar-refractivity contribution >= 4 is 5.97 Å². The summed E-state index contributed by atoms with van der Waals surface area (Å²) in [7, 11) is 2.90. The molecule has 0 amide bonds. The Bertz CT molecular complexity index is 449. The van der Waals surface area contributed by atoms with Crippen LogP contribution in [-0.4, -0.2) is 25.3 Å². The van der Waals surface area contributed by atoms with E-state index in [1.165, 1.54) is 40.2 Å². The van der Waals surface area contributed by atoms with Crippen LogP contribution >= 0.6 is 0 Å². The van der Waals surface area contributed by atoms with Crippen molar-refractivity contribution in [1.29, 1.82) is 0 Å². The lowest BCUT2D eigenvalue weighted by Crippen LogP contribution is -2.15. The van der Waals surface area contributed by atoms with Crippen LogP contribution in [0, 0.1) is 0 Å². The summed E-state index contributed by atoms with van der Waals surface area (Å²) in [5, 5.41) is 8.85. The Labute approximate surface area is 105 Å². The molecule has 1 rings (SSSR count). The first kappa shape index (κ1) is 14.3. The summed E-state index contributed by atoms with van der Waals surface area (Å²) in [6.07, 6.45) is -0.261. The number of ether oxygens (including phenoxy) is 2. The van der Waals surface area contributed by atoms with Gasteiger partial charge >= 0.3 is 5.97 Å². The molecule has 1 N–H and O–H groups in total. The molecule has 0 heterocycles. The highest BCUT2D eigenvalue weighted by Crippen LogP contribution is 2.37. The number of hydrogen-bond donors (Lipinski definition) is 1. The number of carbonyl (C=O) groups is 1. The molecule has 0 aliphatic carbocycles. The number of carboxylic acid groups (broad SMARTS) is 1. The standard InChI is InChI=1S/C13H17FO4/c1-13(2,14)9-7-11(18-4)10(17-3)5-8(9)6-12(15)16/h5,7H,6H2,1-4H3,(H,15,16). The van der Waals surface area contributed by atoms with Crippen LogP contribution in [0.5, 0.6) is 11.5 Å². The fourth-order valence-electron chi connectivity index (χ4n) is 1.78. The Morgan fingerprint density at radius 2 is 1.78 bits per heavy atom. The summed E-state index contributed by atoms with van der Waals surface area (Å²) in [5.41, 5.74) is -0.972. The zero-order valence-corrected chi connectivity index (χ0v) is 10.9. The van der Waals surface area contributed by atoms with E-state index in [0.29, 0.717) is 22.6 Å². The second-order valence-corrected chi connectivity index (χ2v) is 4.41. The molecule has 0 atom stereocenters. The first-order valence-corrected chi connectivity index (χ1v) is 5.45. The SMILES string of the molecule is COc1cc(CC(=O)O)c(C(C)(C)F)cc1OC. The van der Waals surface area contributed by atoms with Gasteiger partial charge in [0.2, 0.25) is 0 Å². The highest BCUT2D eigenvalue weighted by atomic mass is 19.1. The van der Waals surface area contributed by atoms with Gasteiger partial charge in [-0.2, -0.15) is 0 Å². The minimum Gasteiger partial charge on any atom is -0.493 e. The molecule has 0 saturated carbocycles. The van der Waals surface area contributed by atoms with Crippen molar-refractivity contribution in [3.63, 3.8) is 0 Å². The van der Waals surface area contributed by atoms with Gasteiger partial charge in [0.05, 0.1) is 20.6 Å². The lowest BCUT2D eigenvalue weighted by molar-refractivity contribution is -0.136. The quantitative estimate of drug-likeness (QED) is 0.879. The van der Waals surface area contributed by atoms with Gasteiger partial charge in [0.1, 0.15) is 5.67 Å². The average molecular weight is 256 g/mol. The van der Waals surface area contributed by atoms with E-state index < -0.39 is 11.6 Å². The van der Waals surface area contributed by atoms with Crippen LogP contribution in [0.4, 0.5) is 4.39 Å². The van der Waals surface area contributed by atoms with Crippen LogP contribution in [-0.2, 0) is 16.9 Å². The third kappa shape index (κ3) is 3.12. The van der Waals surface area contributed by atoms with Crippen molar-refractivity contribution in [3.05, 3.63) is 23.3 Å². The van der Waals surface area contributed by atoms with Crippen LogP contribution in [0.3, 0.4) is 0 Å². The second kappa shape index (κ2) is 5.25. The van der Waals surface area contributed by atoms with Gasteiger partial charge < -0.3 is 14.6 Å². The maximum absolute atomic E-state index is 14.1. The van der Waals surface area contributed by atoms with Crippen LogP contribution in [0.2, 0.25) is 0 Å². The van der Waals surface area contributed by atoms with Gasteiger partial charge in [-0.25, -0.2) is 4.39 Å². The van der Waals surface area contributed by atoms with Crippen LogP contribution in [0.1, 0.15) is 25.0 Å². The fraction of sp³-hybridized carbons (Fsp3) is 0.462. The average Bonchev–Trinajstić information content (AvgIpc) is 2.26. The molecule has 1 aromatic carbocycles. The van der Waals surface area contributed by atoms with Gasteiger partial charge in [-0.3, -0.25) is 4.79 Å². The summed E-state index contributed by atoms with van der Waals surface area (Å²) >= 11 is 0. The van der Waals surface area contributed by atoms with Gasteiger partial charge in [0.15, 0.2) is 11.5 Å². The van der Waals surface area contributed by atoms with E-state index in [1.54, 1.807) is 0 Å². The molecule has 5 heteroatoms. The van der Waals surface area contributed by atoms with Crippen molar-refractivity contribution in [2.24, 2.45) is 0 Å². The minimum absolute atomic E-state index is 0.261. The zero-order chi connectivity index (χ0) is 13.9. The number of hydrogen-bond acceptors (Lipinski definition) is 3. The van der Waals surface area contributed by atoms with Crippen molar-refractivity contribution in [1.82, 2.24) is 0 Å². The van der Waals surface area contributed by atoms with Crippen LogP contribution in [0.15, 0.2) is 12.1 Å². The smallest absolute Gasteiger partial charge is 0.307 e. The molecule has 0 unspecified atom stereocenters. The van der Waals surface area contributed by atoms with Crippen LogP contribution < -0.4 is 9.47 Å². The van der Waals surface area contributed by atoms with E-state index in [4.69, 9.17) is 14.6 Å². The highest BCUT2D eigenvalue weighted by molar-refractivity contribution is 5.71. The van der Waals surface area contributed by atoms with Crippen molar-refractivity contribution in [3.8, 4) is 11.5 Å². The normalized spacial score (nSPS) is 11.2. The molecular formula is C13H17FO4. The van der Waals surface area contributed by atoms with E-state index in [-0.39, 0.29) is 6.42 Å². The summed E-state index contributed by atoms with van der Waals surface area (Å²) in [6, 6.07) is 2.99. The predicted octanol–water partition coefficient (Wildman–Crippen LogP) is 2.54. The number of aliphatic carboxylic acids is 1. The number of benzene rings is 1. The number of halogens is 1. The molecule has 0 bridgehead atoms. The molecule has 0 aromatic heterocycles. The fourth-order valence-corrected chi connectivity index (χ4v) is 1.78. The summed E-state index contributed by atoms with van der Waals surface area (Å²) in [6.45, 7) is 2.75. The topological polar surface area (TPSA) is 55.8 Å². The summed E-state index contributed by atoms with van der Waals surface area (Å²) in [5.74, 6) is -0.248. The Morgan fingerprint density at radius 3 is 2.17 bits per heavy atom. The summed E-state index contributed by atoms with van der Waals surface area (Å²) in [4.78, 5) is 10.8. The molecule has 0 spiro atoms. The van der Waals surface area contributed by atoms with E-state index in [1.807, 2.05) is 0 Å². The van der Waals surface area contributed by atoms with Crippen molar-refractivity contribution in [2.75, 3.05) is 14.2 Å². The molecule has 0 fully saturated rings. The minimum atomic E-state index is -1.65. The first-order chi connectivity index (χ1) is 8.29. The molecule has 0 aliphatic heterocycles. The second-order valence-electron chi connectivity index (χ2n) is 4.41. The summed E-state index contributed by atoms with van der Waals surface area (Å²) < 4.78 is 24.3. The monoisotopic (exact) mass is 256 g/mol. The lowest BCUT2D eigenvalue weighted by Gasteiger charge is -2.21. The zero-order valence-electron chi connectivity index (χ0n) is 10.9. The molecule has 18 heavy (non-hydrogen) atoms. The predicted molar refractivity (Wildman–Crippen MR) is 65.0 cm³/mol. The van der Waals surface area contributed by atoms with Crippen LogP contribution in [0.25, 0.3) is 0 Å². The largest absolute Gasteiger partial charge is 0.493 e. The maximum Gasteiger partial charge on any atom is 0.307 e. The Kier molecular flexibility index (Phi) is 4.16. The molecule has 100 valence electrons. The third-order valence-corrected chi connectivity index (χ3v) is 2.59. The van der Waals surface area contributed by atoms with Crippen molar-refractivity contribution in [2.45, 2.75) is 25.9 Å². The number of methoxy groups -OCH3 is 2. The third-order valence-electron chi connectivity index (χ3n) is 2.59. The Balaban J connectivity index is 3.41. The first-order valence-electron chi connectivity index (χ1n) is 5.45. The van der Waals surface area contributed by atoms with Gasteiger partial charge in [0, 0.05) is 0 Å². The number of rotatable bonds is 5. The molecule has 0 radical (unpaired) electrons. The van der Waals surface area contributed by atoms with Gasteiger partial charge in [0.25, 0.3) is 0 Å². The van der Waals surface area contributed by atoms with E-state index in [9.17, 15) is 9.18 Å². The Morgan fingerprint density at radius 1 is 1.28 bits per heavy atom. The number of carboxylic acids is 1. The maximum atomic E-state index is 14.1. The molecule has 0 aliphatic rings. The molecular weight excluding hydrogens is 239 g/mol. The van der Waals surface area contributed by atoms with E-state index >= 15 is 0 Å². The molecule has 0 saturated heterocycles. The Hall–Kier alpha value is -1.78. The van der Waals surface area contributed by atoms with Gasteiger partial charge in [-0.15, -0.1) is 0 Å². The van der Waals surface area contributed by atoms with Gasteiger partial charge in [-0.1, -0.05) is 0 Å².